The number of aldehydes is 1. The van der Waals surface area contributed by atoms with Crippen LogP contribution in [0.3, 0.4) is 0 Å². The van der Waals surface area contributed by atoms with Crippen molar-refractivity contribution in [3.63, 3.8) is 0 Å². The van der Waals surface area contributed by atoms with Gasteiger partial charge in [-0.15, -0.1) is 6.42 Å². The molecule has 2 fully saturated rings. The molecule has 24 heavy (non-hydrogen) atoms. The Hall–Kier alpha value is -2.47. The van der Waals surface area contributed by atoms with Crippen LogP contribution in [0.2, 0.25) is 0 Å². The molecule has 1 saturated heterocycles. The van der Waals surface area contributed by atoms with Crippen LogP contribution in [0, 0.1) is 17.8 Å². The van der Waals surface area contributed by atoms with Crippen LogP contribution in [0.25, 0.3) is 0 Å². The molecule has 0 bridgehead atoms. The van der Waals surface area contributed by atoms with Crippen LogP contribution in [-0.4, -0.2) is 24.3 Å². The van der Waals surface area contributed by atoms with Crippen LogP contribution < -0.4 is 5.32 Å². The summed E-state index contributed by atoms with van der Waals surface area (Å²) in [4.78, 5) is 13.5. The molecule has 3 aliphatic rings. The highest BCUT2D eigenvalue weighted by atomic mass is 16.1. The maximum atomic E-state index is 11.1. The average molecular weight is 320 g/mol. The molecule has 3 heteroatoms. The molecule has 1 N–H and O–H groups in total. The van der Waals surface area contributed by atoms with Crippen molar-refractivity contribution in [2.24, 2.45) is 5.41 Å². The van der Waals surface area contributed by atoms with Gasteiger partial charge in [0.1, 0.15) is 6.29 Å². The third-order valence-corrected chi connectivity index (χ3v) is 5.38. The minimum absolute atomic E-state index is 0.434. The standard InChI is InChI=1S/C21H24N2O/c1-5-17-16(4)22-19(6-2)18(13-15(3)14-24)20(17)23-11-9-21(7-8-21)10-12-23/h1,6,13-14,22H,3-4,7-12H2,2H3/b18-13+,19-6+. The molecule has 3 rings (SSSR count). The second-order valence-corrected chi connectivity index (χ2v) is 6.91. The Morgan fingerprint density at radius 2 is 2.00 bits per heavy atom. The molecule has 1 saturated carbocycles. The summed E-state index contributed by atoms with van der Waals surface area (Å²) >= 11 is 0. The number of hydrogen-bond acceptors (Lipinski definition) is 3. The Morgan fingerprint density at radius 1 is 1.33 bits per heavy atom. The smallest absolute Gasteiger partial charge is 0.149 e. The lowest BCUT2D eigenvalue weighted by atomic mass is 9.89. The number of carbonyl (C=O) groups is 1. The summed E-state index contributed by atoms with van der Waals surface area (Å²) < 4.78 is 0. The number of piperidine rings is 1. The third kappa shape index (κ3) is 2.85. The molecule has 2 aliphatic heterocycles. The van der Waals surface area contributed by atoms with Gasteiger partial charge in [-0.2, -0.15) is 0 Å². The van der Waals surface area contributed by atoms with Gasteiger partial charge in [-0.25, -0.2) is 0 Å². The Balaban J connectivity index is 2.05. The molecule has 0 aromatic heterocycles. The molecule has 0 aromatic rings. The summed E-state index contributed by atoms with van der Waals surface area (Å²) in [5.41, 5.74) is 5.40. The fraction of sp³-hybridized carbons (Fsp3) is 0.381. The van der Waals surface area contributed by atoms with E-state index < -0.39 is 0 Å². The first-order valence-electron chi connectivity index (χ1n) is 8.48. The fourth-order valence-electron chi connectivity index (χ4n) is 3.66. The van der Waals surface area contributed by atoms with E-state index in [-0.39, 0.29) is 0 Å². The molecule has 0 atom stereocenters. The molecule has 0 radical (unpaired) electrons. The molecule has 0 amide bonds. The highest BCUT2D eigenvalue weighted by Gasteiger charge is 2.45. The van der Waals surface area contributed by atoms with Gasteiger partial charge in [0.2, 0.25) is 0 Å². The normalized spacial score (nSPS) is 25.7. The zero-order valence-corrected chi connectivity index (χ0v) is 14.3. The van der Waals surface area contributed by atoms with E-state index in [0.29, 0.717) is 11.0 Å². The summed E-state index contributed by atoms with van der Waals surface area (Å²) in [6, 6.07) is 0. The zero-order valence-electron chi connectivity index (χ0n) is 14.3. The predicted octanol–water partition coefficient (Wildman–Crippen LogP) is 3.45. The van der Waals surface area contributed by atoms with E-state index in [9.17, 15) is 4.79 Å². The molecule has 0 unspecified atom stereocenters. The van der Waals surface area contributed by atoms with E-state index in [1.807, 2.05) is 19.1 Å². The first-order valence-corrected chi connectivity index (χ1v) is 8.48. The quantitative estimate of drug-likeness (QED) is 0.491. The molecular weight excluding hydrogens is 296 g/mol. The first-order chi connectivity index (χ1) is 11.5. The number of allylic oxidation sites excluding steroid dienone is 4. The van der Waals surface area contributed by atoms with Gasteiger partial charge >= 0.3 is 0 Å². The number of nitrogens with one attached hydrogen (secondary N) is 1. The summed E-state index contributed by atoms with van der Waals surface area (Å²) in [6.07, 6.45) is 15.5. The summed E-state index contributed by atoms with van der Waals surface area (Å²) in [5, 5.41) is 3.26. The third-order valence-electron chi connectivity index (χ3n) is 5.38. The monoisotopic (exact) mass is 320 g/mol. The number of rotatable bonds is 3. The Kier molecular flexibility index (Phi) is 4.24. The molecule has 2 heterocycles. The number of nitrogens with zero attached hydrogens (tertiary/aromatic N) is 1. The predicted molar refractivity (Wildman–Crippen MR) is 97.7 cm³/mol. The number of hydrogen-bond donors (Lipinski definition) is 1. The maximum Gasteiger partial charge on any atom is 0.149 e. The lowest BCUT2D eigenvalue weighted by Crippen LogP contribution is -2.38. The molecule has 1 aliphatic carbocycles. The minimum Gasteiger partial charge on any atom is -0.370 e. The van der Waals surface area contributed by atoms with Gasteiger partial charge in [-0.3, -0.25) is 4.79 Å². The van der Waals surface area contributed by atoms with Crippen LogP contribution in [-0.2, 0) is 4.79 Å². The molecule has 1 spiro atoms. The number of carbonyl (C=O) groups excluding carboxylic acids is 1. The van der Waals surface area contributed by atoms with Crippen LogP contribution in [0.1, 0.15) is 32.6 Å². The summed E-state index contributed by atoms with van der Waals surface area (Å²) in [5.74, 6) is 2.79. The van der Waals surface area contributed by atoms with Gasteiger partial charge in [0.05, 0.1) is 11.3 Å². The van der Waals surface area contributed by atoms with E-state index >= 15 is 0 Å². The molecule has 3 nitrogen and oxygen atoms in total. The van der Waals surface area contributed by atoms with Gasteiger partial charge in [-0.05, 0) is 44.1 Å². The van der Waals surface area contributed by atoms with Crippen LogP contribution in [0.15, 0.2) is 59.1 Å². The Morgan fingerprint density at radius 3 is 2.50 bits per heavy atom. The second-order valence-electron chi connectivity index (χ2n) is 6.91. The fourth-order valence-corrected chi connectivity index (χ4v) is 3.66. The van der Waals surface area contributed by atoms with E-state index in [1.165, 1.54) is 25.7 Å². The maximum absolute atomic E-state index is 11.1. The van der Waals surface area contributed by atoms with Crippen molar-refractivity contribution in [1.29, 1.82) is 0 Å². The lowest BCUT2D eigenvalue weighted by molar-refractivity contribution is -0.104. The van der Waals surface area contributed by atoms with Gasteiger partial charge < -0.3 is 10.2 Å². The number of likely N-dealkylation sites (tertiary alicyclic amines) is 1. The SMILES string of the molecule is C#CC1=C(N2CCC3(CC2)CC3)C(=C/C(=C)C=O)/C(=C\C)NC1=C. The van der Waals surface area contributed by atoms with Crippen molar-refractivity contribution in [2.45, 2.75) is 32.6 Å². The zero-order chi connectivity index (χ0) is 17.3. The van der Waals surface area contributed by atoms with Crippen LogP contribution >= 0.6 is 0 Å². The van der Waals surface area contributed by atoms with Crippen molar-refractivity contribution < 1.29 is 4.79 Å². The van der Waals surface area contributed by atoms with Crippen molar-refractivity contribution in [1.82, 2.24) is 10.2 Å². The van der Waals surface area contributed by atoms with Crippen molar-refractivity contribution in [3.8, 4) is 12.3 Å². The van der Waals surface area contributed by atoms with E-state index in [2.05, 4.69) is 29.3 Å². The van der Waals surface area contributed by atoms with E-state index in [0.717, 1.165) is 47.6 Å². The topological polar surface area (TPSA) is 32.3 Å². The largest absolute Gasteiger partial charge is 0.370 e. The lowest BCUT2D eigenvalue weighted by Gasteiger charge is -2.39. The first kappa shape index (κ1) is 16.4. The minimum atomic E-state index is 0.434. The highest BCUT2D eigenvalue weighted by Crippen LogP contribution is 2.54. The number of terminal acetylenes is 1. The highest BCUT2D eigenvalue weighted by molar-refractivity contribution is 5.78. The van der Waals surface area contributed by atoms with Crippen molar-refractivity contribution in [3.05, 3.63) is 59.1 Å². The average Bonchev–Trinajstić information content (AvgIpc) is 3.35. The summed E-state index contributed by atoms with van der Waals surface area (Å²) in [6.45, 7) is 11.8. The van der Waals surface area contributed by atoms with Gasteiger partial charge in [0, 0.05) is 35.6 Å². The Labute approximate surface area is 144 Å². The molecule has 124 valence electrons. The van der Waals surface area contributed by atoms with Crippen LogP contribution in [0.4, 0.5) is 0 Å². The Bertz CT molecular complexity index is 728. The van der Waals surface area contributed by atoms with Gasteiger partial charge in [-0.1, -0.05) is 25.2 Å². The van der Waals surface area contributed by atoms with E-state index in [1.54, 1.807) is 0 Å². The van der Waals surface area contributed by atoms with Crippen LogP contribution in [0.5, 0.6) is 0 Å². The summed E-state index contributed by atoms with van der Waals surface area (Å²) in [7, 11) is 0. The van der Waals surface area contributed by atoms with E-state index in [4.69, 9.17) is 6.42 Å². The molecule has 0 aromatic carbocycles. The van der Waals surface area contributed by atoms with Crippen molar-refractivity contribution in [2.75, 3.05) is 13.1 Å². The molecular formula is C21H24N2O. The van der Waals surface area contributed by atoms with Gasteiger partial charge in [0.25, 0.3) is 0 Å². The van der Waals surface area contributed by atoms with Gasteiger partial charge in [0.15, 0.2) is 0 Å². The second kappa shape index (κ2) is 6.20. The van der Waals surface area contributed by atoms with Crippen molar-refractivity contribution >= 4 is 6.29 Å².